The number of hydrogen-bond acceptors (Lipinski definition) is 4. The first-order chi connectivity index (χ1) is 23.7. The molecule has 0 bridgehead atoms. The average Bonchev–Trinajstić information content (AvgIpc) is 3.51. The molecule has 1 atom stereocenters. The topological polar surface area (TPSA) is 55.6 Å². The molecule has 4 aromatic heterocycles. The lowest BCUT2D eigenvalue weighted by atomic mass is 9.97. The van der Waals surface area contributed by atoms with E-state index in [1.807, 2.05) is 24.4 Å². The third-order valence-electron chi connectivity index (χ3n) is 9.06. The third kappa shape index (κ3) is 4.76. The summed E-state index contributed by atoms with van der Waals surface area (Å²) >= 11 is 0. The van der Waals surface area contributed by atoms with Gasteiger partial charge in [-0.1, -0.05) is 91.0 Å². The van der Waals surface area contributed by atoms with Gasteiger partial charge in [-0.05, 0) is 78.7 Å². The SMILES string of the molecule is CC1C=CC=C(c2cc(-c3cccc(-c4nc5ccccc5c5c4c4ccccc4n5-c4ccccc4)c3)cc(-c3ccccn3)n2)N1. The molecule has 0 radical (unpaired) electrons. The van der Waals surface area contributed by atoms with Gasteiger partial charge in [-0.15, -0.1) is 0 Å². The largest absolute Gasteiger partial charge is 0.377 e. The number of rotatable bonds is 5. The Morgan fingerprint density at radius 3 is 2.25 bits per heavy atom. The van der Waals surface area contributed by atoms with Crippen LogP contribution in [0.4, 0.5) is 0 Å². The van der Waals surface area contributed by atoms with Crippen LogP contribution in [0, 0.1) is 0 Å². The highest BCUT2D eigenvalue weighted by Crippen LogP contribution is 2.42. The molecule has 1 aliphatic heterocycles. The quantitative estimate of drug-likeness (QED) is 0.209. The number of pyridine rings is 3. The van der Waals surface area contributed by atoms with E-state index in [2.05, 4.69) is 155 Å². The minimum absolute atomic E-state index is 0.219. The van der Waals surface area contributed by atoms with E-state index < -0.39 is 0 Å². The summed E-state index contributed by atoms with van der Waals surface area (Å²) in [6.45, 7) is 2.14. The normalized spacial score (nSPS) is 14.4. The summed E-state index contributed by atoms with van der Waals surface area (Å²) in [7, 11) is 0. The monoisotopic (exact) mass is 617 g/mol. The smallest absolute Gasteiger partial charge is 0.0900 e. The van der Waals surface area contributed by atoms with Crippen LogP contribution < -0.4 is 5.32 Å². The van der Waals surface area contributed by atoms with Gasteiger partial charge in [0.15, 0.2) is 0 Å². The summed E-state index contributed by atoms with van der Waals surface area (Å²) in [4.78, 5) is 15.1. The Hall–Kier alpha value is -6.33. The Morgan fingerprint density at radius 2 is 1.40 bits per heavy atom. The second-order valence-corrected chi connectivity index (χ2v) is 12.2. The Labute approximate surface area is 278 Å². The Morgan fingerprint density at radius 1 is 0.625 bits per heavy atom. The number of para-hydroxylation sites is 3. The minimum atomic E-state index is 0.219. The lowest BCUT2D eigenvalue weighted by Crippen LogP contribution is -2.24. The van der Waals surface area contributed by atoms with Crippen LogP contribution in [0.3, 0.4) is 0 Å². The zero-order valence-corrected chi connectivity index (χ0v) is 26.4. The summed E-state index contributed by atoms with van der Waals surface area (Å²) in [6.07, 6.45) is 8.13. The van der Waals surface area contributed by atoms with Crippen molar-refractivity contribution in [1.29, 1.82) is 0 Å². The molecule has 8 aromatic rings. The van der Waals surface area contributed by atoms with Crippen LogP contribution in [-0.2, 0) is 0 Å². The third-order valence-corrected chi connectivity index (χ3v) is 9.06. The average molecular weight is 618 g/mol. The van der Waals surface area contributed by atoms with Gasteiger partial charge in [-0.25, -0.2) is 9.97 Å². The molecule has 0 aliphatic carbocycles. The maximum atomic E-state index is 5.37. The van der Waals surface area contributed by atoms with E-state index >= 15 is 0 Å². The number of hydrogen-bond donors (Lipinski definition) is 1. The zero-order chi connectivity index (χ0) is 32.0. The van der Waals surface area contributed by atoms with Crippen molar-refractivity contribution in [3.8, 4) is 39.5 Å². The van der Waals surface area contributed by atoms with E-state index in [1.165, 1.54) is 5.39 Å². The summed E-state index contributed by atoms with van der Waals surface area (Å²) in [5.41, 5.74) is 12.1. The van der Waals surface area contributed by atoms with Crippen LogP contribution in [0.5, 0.6) is 0 Å². The Kier molecular flexibility index (Phi) is 6.68. The first kappa shape index (κ1) is 27.9. The van der Waals surface area contributed by atoms with Gasteiger partial charge in [0, 0.05) is 39.6 Å². The predicted molar refractivity (Wildman–Crippen MR) is 198 cm³/mol. The highest BCUT2D eigenvalue weighted by molar-refractivity contribution is 6.22. The molecule has 0 saturated carbocycles. The number of benzene rings is 4. The number of allylic oxidation sites excluding steroid dienone is 2. The number of fused-ring (bicyclic) bond motifs is 5. The van der Waals surface area contributed by atoms with E-state index in [9.17, 15) is 0 Å². The van der Waals surface area contributed by atoms with E-state index in [1.54, 1.807) is 0 Å². The van der Waals surface area contributed by atoms with Crippen molar-refractivity contribution < 1.29 is 0 Å². The molecule has 9 rings (SSSR count). The van der Waals surface area contributed by atoms with Crippen molar-refractivity contribution >= 4 is 38.4 Å². The second kappa shape index (κ2) is 11.5. The van der Waals surface area contributed by atoms with Gasteiger partial charge >= 0.3 is 0 Å². The van der Waals surface area contributed by atoms with Gasteiger partial charge in [0.1, 0.15) is 0 Å². The summed E-state index contributed by atoms with van der Waals surface area (Å²) < 4.78 is 2.39. The van der Waals surface area contributed by atoms with Crippen LogP contribution in [0.25, 0.3) is 77.9 Å². The first-order valence-electron chi connectivity index (χ1n) is 16.3. The molecule has 0 fully saturated rings. The molecule has 1 unspecified atom stereocenters. The van der Waals surface area contributed by atoms with Crippen LogP contribution in [0.15, 0.2) is 158 Å². The lowest BCUT2D eigenvalue weighted by molar-refractivity contribution is 0.775. The standard InChI is InChI=1S/C43H31N5/c1-28-13-11-22-37(45-28)39-27-31(26-38(46-39)36-21-9-10-24-44-36)29-14-12-15-30(25-29)42-41-34-19-6-8-23-40(34)48(32-16-3-2-4-17-32)43(41)33-18-5-7-20-35(33)47-42/h2-28,45H,1H3. The van der Waals surface area contributed by atoms with E-state index in [4.69, 9.17) is 9.97 Å². The summed E-state index contributed by atoms with van der Waals surface area (Å²) in [5, 5.41) is 7.03. The van der Waals surface area contributed by atoms with Crippen molar-refractivity contribution in [2.24, 2.45) is 0 Å². The van der Waals surface area contributed by atoms with Gasteiger partial charge in [0.05, 0.1) is 45.0 Å². The molecular weight excluding hydrogens is 587 g/mol. The van der Waals surface area contributed by atoms with Crippen molar-refractivity contribution in [3.63, 3.8) is 0 Å². The summed E-state index contributed by atoms with van der Waals surface area (Å²) in [5.74, 6) is 0. The molecule has 0 spiro atoms. The molecule has 1 N–H and O–H groups in total. The molecule has 4 aromatic carbocycles. The second-order valence-electron chi connectivity index (χ2n) is 12.2. The minimum Gasteiger partial charge on any atom is -0.377 e. The number of nitrogens with one attached hydrogen (secondary N) is 1. The predicted octanol–water partition coefficient (Wildman–Crippen LogP) is 10.0. The molecule has 1 aliphatic rings. The van der Waals surface area contributed by atoms with Crippen molar-refractivity contribution in [2.75, 3.05) is 0 Å². The van der Waals surface area contributed by atoms with Crippen LogP contribution in [-0.4, -0.2) is 25.6 Å². The molecule has 0 saturated heterocycles. The highest BCUT2D eigenvalue weighted by atomic mass is 15.0. The molecular formula is C43H31N5. The molecule has 5 heterocycles. The van der Waals surface area contributed by atoms with E-state index in [0.29, 0.717) is 0 Å². The van der Waals surface area contributed by atoms with Gasteiger partial charge in [-0.2, -0.15) is 0 Å². The molecule has 0 amide bonds. The zero-order valence-electron chi connectivity index (χ0n) is 26.4. The van der Waals surface area contributed by atoms with Crippen molar-refractivity contribution in [2.45, 2.75) is 13.0 Å². The fraction of sp³-hybridized carbons (Fsp3) is 0.0465. The molecule has 228 valence electrons. The highest BCUT2D eigenvalue weighted by Gasteiger charge is 2.21. The van der Waals surface area contributed by atoms with Crippen molar-refractivity contribution in [3.05, 3.63) is 164 Å². The van der Waals surface area contributed by atoms with Gasteiger partial charge in [0.25, 0.3) is 0 Å². The Balaban J connectivity index is 1.29. The van der Waals surface area contributed by atoms with Crippen LogP contribution >= 0.6 is 0 Å². The maximum Gasteiger partial charge on any atom is 0.0900 e. The summed E-state index contributed by atoms with van der Waals surface area (Å²) in [6, 6.07) is 46.9. The maximum absolute atomic E-state index is 5.37. The Bertz CT molecular complexity index is 2550. The van der Waals surface area contributed by atoms with Gasteiger partial charge < -0.3 is 9.88 Å². The van der Waals surface area contributed by atoms with E-state index in [0.717, 1.165) is 78.2 Å². The number of aromatic nitrogens is 4. The molecule has 48 heavy (non-hydrogen) atoms. The van der Waals surface area contributed by atoms with Crippen LogP contribution in [0.2, 0.25) is 0 Å². The van der Waals surface area contributed by atoms with Gasteiger partial charge in [-0.3, -0.25) is 4.98 Å². The lowest BCUT2D eigenvalue weighted by Gasteiger charge is -2.19. The van der Waals surface area contributed by atoms with Gasteiger partial charge in [0.2, 0.25) is 0 Å². The van der Waals surface area contributed by atoms with Crippen LogP contribution in [0.1, 0.15) is 12.6 Å². The molecule has 5 heteroatoms. The number of nitrogens with zero attached hydrogens (tertiary/aromatic N) is 4. The number of dihydropyridines is 1. The van der Waals surface area contributed by atoms with Crippen molar-refractivity contribution in [1.82, 2.24) is 24.8 Å². The first-order valence-corrected chi connectivity index (χ1v) is 16.3. The van der Waals surface area contributed by atoms with E-state index in [-0.39, 0.29) is 6.04 Å². The molecule has 5 nitrogen and oxygen atoms in total. The fourth-order valence-corrected chi connectivity index (χ4v) is 6.88. The fourth-order valence-electron chi connectivity index (χ4n) is 6.88.